The van der Waals surface area contributed by atoms with Crippen LogP contribution in [-0.4, -0.2) is 26.0 Å². The van der Waals surface area contributed by atoms with E-state index in [0.29, 0.717) is 4.05 Å². The number of likely N-dealkylation sites (tertiary alicyclic amines) is 1. The van der Waals surface area contributed by atoms with Crippen molar-refractivity contribution >= 4 is 0 Å². The summed E-state index contributed by atoms with van der Waals surface area (Å²) in [5.74, 6) is 0. The van der Waals surface area contributed by atoms with Gasteiger partial charge in [0.25, 0.3) is 0 Å². The summed E-state index contributed by atoms with van der Waals surface area (Å²) in [6.45, 7) is 1.19. The van der Waals surface area contributed by atoms with Crippen LogP contribution < -0.4 is 21.6 Å². The summed E-state index contributed by atoms with van der Waals surface area (Å²) in [5, 5.41) is 0. The van der Waals surface area contributed by atoms with Crippen LogP contribution in [0.25, 0.3) is 0 Å². The Bertz CT molecular complexity index is 78.8. The monoisotopic (exact) mass is 228 g/mol. The molecule has 3 heteroatoms. The molecule has 1 N–H and O–H groups in total. The van der Waals surface area contributed by atoms with Gasteiger partial charge >= 0.3 is 60.4 Å². The first-order chi connectivity index (χ1) is 3.84. The van der Waals surface area contributed by atoms with Gasteiger partial charge in [-0.15, -0.1) is 0 Å². The minimum absolute atomic E-state index is 0.510. The van der Waals surface area contributed by atoms with Crippen molar-refractivity contribution in [3.05, 3.63) is 0 Å². The quantitative estimate of drug-likeness (QED) is 0.294. The van der Waals surface area contributed by atoms with Crippen molar-refractivity contribution in [1.82, 2.24) is 4.90 Å². The molecule has 1 heterocycles. The summed E-state index contributed by atoms with van der Waals surface area (Å²) in [7, 11) is 2.09. The molecule has 0 saturated carbocycles. The van der Waals surface area contributed by atoms with Gasteiger partial charge in [0.2, 0.25) is 0 Å². The van der Waals surface area contributed by atoms with E-state index in [2.05, 4.69) is 11.9 Å². The standard InChI is InChI=1S/C5H11INO/c1-7-4-2-3-5(7)6-8/h5,8H,2-4H2,1H3/q-1. The molecule has 2 nitrogen and oxygen atoms in total. The van der Waals surface area contributed by atoms with Gasteiger partial charge in [0, 0.05) is 0 Å². The summed E-state index contributed by atoms with van der Waals surface area (Å²) < 4.78 is 9.37. The molecular weight excluding hydrogens is 217 g/mol. The second kappa shape index (κ2) is 2.98. The van der Waals surface area contributed by atoms with Crippen LogP contribution in [0.15, 0.2) is 0 Å². The predicted octanol–water partition coefficient (Wildman–Crippen LogP) is -2.97. The molecule has 1 aliphatic heterocycles. The predicted molar refractivity (Wildman–Crippen MR) is 27.9 cm³/mol. The topological polar surface area (TPSA) is 23.5 Å². The van der Waals surface area contributed by atoms with Gasteiger partial charge in [-0.3, -0.25) is 0 Å². The van der Waals surface area contributed by atoms with Gasteiger partial charge in [0.15, 0.2) is 0 Å². The number of alkyl halides is 1. The number of halogens is 1. The Balaban J connectivity index is 2.30. The second-order valence-electron chi connectivity index (χ2n) is 2.15. The molecule has 1 atom stereocenters. The molecule has 0 aromatic heterocycles. The fraction of sp³-hybridized carbons (Fsp3) is 1.00. The van der Waals surface area contributed by atoms with E-state index >= 15 is 0 Å². The van der Waals surface area contributed by atoms with Crippen LogP contribution in [0.4, 0.5) is 0 Å². The third-order valence-electron chi connectivity index (χ3n) is 1.54. The van der Waals surface area contributed by atoms with E-state index in [1.807, 2.05) is 0 Å². The minimum atomic E-state index is -0.510. The van der Waals surface area contributed by atoms with E-state index in [1.165, 1.54) is 19.4 Å². The summed E-state index contributed by atoms with van der Waals surface area (Å²) in [4.78, 5) is 2.26. The van der Waals surface area contributed by atoms with Gasteiger partial charge in [-0.25, -0.2) is 0 Å². The van der Waals surface area contributed by atoms with E-state index in [1.54, 1.807) is 0 Å². The van der Waals surface area contributed by atoms with Crippen LogP contribution in [0.3, 0.4) is 0 Å². The SMILES string of the molecule is CN1CCCC1[I-]O. The molecule has 1 aliphatic rings. The Morgan fingerprint density at radius 3 is 2.75 bits per heavy atom. The van der Waals surface area contributed by atoms with E-state index in [0.717, 1.165) is 0 Å². The third kappa shape index (κ3) is 1.33. The van der Waals surface area contributed by atoms with Crippen LogP contribution in [0, 0.1) is 0 Å². The van der Waals surface area contributed by atoms with Gasteiger partial charge < -0.3 is 0 Å². The number of nitrogens with zero attached hydrogens (tertiary/aromatic N) is 1. The van der Waals surface area contributed by atoms with Crippen molar-refractivity contribution in [1.29, 1.82) is 0 Å². The Morgan fingerprint density at radius 2 is 2.50 bits per heavy atom. The first kappa shape index (κ1) is 6.77. The van der Waals surface area contributed by atoms with Gasteiger partial charge in [0.05, 0.1) is 0 Å². The average Bonchev–Trinajstić information content (AvgIpc) is 2.14. The van der Waals surface area contributed by atoms with Crippen LogP contribution >= 0.6 is 0 Å². The normalized spacial score (nSPS) is 32.0. The van der Waals surface area contributed by atoms with Crippen molar-refractivity contribution in [2.24, 2.45) is 0 Å². The molecule has 0 amide bonds. The molecule has 0 spiro atoms. The van der Waals surface area contributed by atoms with Crippen molar-refractivity contribution in [3.63, 3.8) is 0 Å². The van der Waals surface area contributed by atoms with Crippen LogP contribution in [0.1, 0.15) is 12.8 Å². The molecule has 0 bridgehead atoms. The van der Waals surface area contributed by atoms with Crippen LogP contribution in [0.2, 0.25) is 0 Å². The third-order valence-corrected chi connectivity index (χ3v) is 3.76. The number of hydrogen-bond acceptors (Lipinski definition) is 2. The van der Waals surface area contributed by atoms with E-state index in [9.17, 15) is 0 Å². The van der Waals surface area contributed by atoms with E-state index < -0.39 is 21.6 Å². The molecule has 0 aliphatic carbocycles. The maximum atomic E-state index is 8.80. The van der Waals surface area contributed by atoms with Crippen LogP contribution in [0.5, 0.6) is 0 Å². The molecule has 0 aromatic carbocycles. The summed E-state index contributed by atoms with van der Waals surface area (Å²) in [6.07, 6.45) is 2.50. The molecule has 1 rings (SSSR count). The molecular formula is C5H11INO-. The maximum absolute atomic E-state index is 8.80. The molecule has 50 valence electrons. The van der Waals surface area contributed by atoms with Gasteiger partial charge in [-0.1, -0.05) is 0 Å². The molecule has 1 saturated heterocycles. The zero-order valence-electron chi connectivity index (χ0n) is 4.97. The van der Waals surface area contributed by atoms with Gasteiger partial charge in [-0.05, 0) is 0 Å². The zero-order chi connectivity index (χ0) is 5.98. The van der Waals surface area contributed by atoms with Crippen molar-refractivity contribution in [2.75, 3.05) is 13.6 Å². The fourth-order valence-electron chi connectivity index (χ4n) is 0.993. The zero-order valence-corrected chi connectivity index (χ0v) is 7.13. The summed E-state index contributed by atoms with van der Waals surface area (Å²) in [6, 6.07) is 0. The van der Waals surface area contributed by atoms with Crippen molar-refractivity contribution in [3.8, 4) is 0 Å². The Hall–Kier alpha value is 0.650. The summed E-state index contributed by atoms with van der Waals surface area (Å²) >= 11 is -0.510. The Kier molecular flexibility index (Phi) is 2.52. The van der Waals surface area contributed by atoms with Crippen molar-refractivity contribution in [2.45, 2.75) is 16.9 Å². The van der Waals surface area contributed by atoms with Gasteiger partial charge in [-0.2, -0.15) is 0 Å². The fourth-order valence-corrected chi connectivity index (χ4v) is 2.42. The average molecular weight is 228 g/mol. The number of hydrogen-bond donors (Lipinski definition) is 1. The van der Waals surface area contributed by atoms with E-state index in [-0.39, 0.29) is 0 Å². The van der Waals surface area contributed by atoms with Gasteiger partial charge in [0.1, 0.15) is 0 Å². The van der Waals surface area contributed by atoms with Crippen molar-refractivity contribution < 1.29 is 25.1 Å². The Labute approximate surface area is 60.7 Å². The summed E-state index contributed by atoms with van der Waals surface area (Å²) in [5.41, 5.74) is 0. The first-order valence-corrected chi connectivity index (χ1v) is 5.03. The molecule has 0 radical (unpaired) electrons. The Morgan fingerprint density at radius 1 is 1.75 bits per heavy atom. The van der Waals surface area contributed by atoms with E-state index in [4.69, 9.17) is 3.44 Å². The molecule has 8 heavy (non-hydrogen) atoms. The molecule has 1 unspecified atom stereocenters. The molecule has 1 fully saturated rings. The number of rotatable bonds is 1. The second-order valence-corrected chi connectivity index (χ2v) is 4.15. The first-order valence-electron chi connectivity index (χ1n) is 2.82. The van der Waals surface area contributed by atoms with Crippen LogP contribution in [-0.2, 0) is 0 Å². The molecule has 0 aromatic rings.